The second-order valence-corrected chi connectivity index (χ2v) is 5.30. The molecule has 0 aliphatic carbocycles. The van der Waals surface area contributed by atoms with Gasteiger partial charge in [0.1, 0.15) is 0 Å². The number of hydrogen-bond acceptors (Lipinski definition) is 3. The Morgan fingerprint density at radius 2 is 1.87 bits per heavy atom. The van der Waals surface area contributed by atoms with Crippen LogP contribution in [-0.2, 0) is 9.59 Å². The Labute approximate surface area is 134 Å². The molecule has 3 rings (SSSR count). The van der Waals surface area contributed by atoms with E-state index in [1.807, 2.05) is 24.3 Å². The van der Waals surface area contributed by atoms with Gasteiger partial charge in [-0.15, -0.1) is 0 Å². The van der Waals surface area contributed by atoms with Crippen LogP contribution in [0, 0.1) is 0 Å². The number of amides is 2. The fraction of sp³-hybridized carbons (Fsp3) is 0.167. The molecule has 2 heterocycles. The number of aromatic nitrogens is 1. The average molecular weight is 307 g/mol. The monoisotopic (exact) mass is 307 g/mol. The standard InChI is InChI=1S/C18H17N3O2/c22-17(20-15-9-11-19-12-10-15)8-5-14-3-6-16(7-4-14)21-13-1-2-18(21)23/h3-12H,1-2,13H2,(H,19,20,22)/b8-5+. The highest BCUT2D eigenvalue weighted by atomic mass is 16.2. The maximum absolute atomic E-state index is 11.8. The Hall–Kier alpha value is -2.95. The highest BCUT2D eigenvalue weighted by molar-refractivity contribution is 6.02. The van der Waals surface area contributed by atoms with Crippen molar-refractivity contribution in [2.45, 2.75) is 12.8 Å². The van der Waals surface area contributed by atoms with Crippen LogP contribution in [0.4, 0.5) is 11.4 Å². The second kappa shape index (κ2) is 6.87. The lowest BCUT2D eigenvalue weighted by atomic mass is 10.2. The van der Waals surface area contributed by atoms with Gasteiger partial charge in [0.15, 0.2) is 0 Å². The molecule has 2 aromatic rings. The summed E-state index contributed by atoms with van der Waals surface area (Å²) in [5.74, 6) is -0.0278. The van der Waals surface area contributed by atoms with Crippen LogP contribution in [0.2, 0.25) is 0 Å². The molecule has 23 heavy (non-hydrogen) atoms. The maximum atomic E-state index is 11.8. The predicted molar refractivity (Wildman–Crippen MR) is 89.9 cm³/mol. The van der Waals surface area contributed by atoms with Crippen molar-refractivity contribution in [2.75, 3.05) is 16.8 Å². The number of pyridine rings is 1. The number of anilines is 2. The number of benzene rings is 1. The van der Waals surface area contributed by atoms with E-state index in [9.17, 15) is 9.59 Å². The van der Waals surface area contributed by atoms with Gasteiger partial charge in [-0.1, -0.05) is 12.1 Å². The molecular formula is C18H17N3O2. The fourth-order valence-electron chi connectivity index (χ4n) is 2.48. The van der Waals surface area contributed by atoms with Crippen LogP contribution >= 0.6 is 0 Å². The maximum Gasteiger partial charge on any atom is 0.248 e. The summed E-state index contributed by atoms with van der Waals surface area (Å²) in [6, 6.07) is 11.1. The van der Waals surface area contributed by atoms with Gasteiger partial charge >= 0.3 is 0 Å². The molecule has 116 valence electrons. The number of hydrogen-bond donors (Lipinski definition) is 1. The minimum absolute atomic E-state index is 0.171. The van der Waals surface area contributed by atoms with Crippen molar-refractivity contribution in [3.8, 4) is 0 Å². The highest BCUT2D eigenvalue weighted by Gasteiger charge is 2.21. The lowest BCUT2D eigenvalue weighted by Crippen LogP contribution is -2.23. The Bertz CT molecular complexity index is 724. The first kappa shape index (κ1) is 15.0. The average Bonchev–Trinajstić information content (AvgIpc) is 3.00. The van der Waals surface area contributed by atoms with Crippen LogP contribution < -0.4 is 10.2 Å². The summed E-state index contributed by atoms with van der Waals surface area (Å²) in [6.45, 7) is 0.780. The molecule has 2 amide bonds. The third-order valence-electron chi connectivity index (χ3n) is 3.65. The van der Waals surface area contributed by atoms with E-state index in [0.717, 1.165) is 24.2 Å². The van der Waals surface area contributed by atoms with E-state index in [2.05, 4.69) is 10.3 Å². The Kier molecular flexibility index (Phi) is 4.47. The summed E-state index contributed by atoms with van der Waals surface area (Å²) in [7, 11) is 0. The van der Waals surface area contributed by atoms with Gasteiger partial charge in [-0.3, -0.25) is 14.6 Å². The molecule has 0 unspecified atom stereocenters. The van der Waals surface area contributed by atoms with Crippen molar-refractivity contribution in [3.63, 3.8) is 0 Å². The van der Waals surface area contributed by atoms with Gasteiger partial charge in [-0.2, -0.15) is 0 Å². The summed E-state index contributed by atoms with van der Waals surface area (Å²) in [4.78, 5) is 29.2. The number of rotatable bonds is 4. The first-order valence-electron chi connectivity index (χ1n) is 7.52. The number of carbonyl (C=O) groups is 2. The van der Waals surface area contributed by atoms with E-state index in [1.54, 1.807) is 35.5 Å². The van der Waals surface area contributed by atoms with Crippen LogP contribution in [0.25, 0.3) is 6.08 Å². The number of nitrogens with zero attached hydrogens (tertiary/aromatic N) is 2. The molecule has 0 radical (unpaired) electrons. The second-order valence-electron chi connectivity index (χ2n) is 5.30. The summed E-state index contributed by atoms with van der Waals surface area (Å²) in [5, 5.41) is 2.76. The van der Waals surface area contributed by atoms with Crippen molar-refractivity contribution in [3.05, 3.63) is 60.4 Å². The third kappa shape index (κ3) is 3.83. The van der Waals surface area contributed by atoms with Gasteiger partial charge in [0.05, 0.1) is 0 Å². The lowest BCUT2D eigenvalue weighted by Gasteiger charge is -2.15. The van der Waals surface area contributed by atoms with Crippen LogP contribution in [0.15, 0.2) is 54.9 Å². The zero-order chi connectivity index (χ0) is 16.1. The van der Waals surface area contributed by atoms with E-state index in [-0.39, 0.29) is 11.8 Å². The molecule has 1 aromatic carbocycles. The van der Waals surface area contributed by atoms with Gasteiger partial charge < -0.3 is 10.2 Å². The lowest BCUT2D eigenvalue weighted by molar-refractivity contribution is -0.117. The third-order valence-corrected chi connectivity index (χ3v) is 3.65. The van der Waals surface area contributed by atoms with Crippen LogP contribution in [0.1, 0.15) is 18.4 Å². The molecule has 1 aromatic heterocycles. The van der Waals surface area contributed by atoms with Crippen LogP contribution in [0.5, 0.6) is 0 Å². The SMILES string of the molecule is O=C(/C=C/c1ccc(N2CCCC2=O)cc1)Nc1ccncc1. The summed E-state index contributed by atoms with van der Waals surface area (Å²) >= 11 is 0. The molecule has 0 saturated carbocycles. The van der Waals surface area contributed by atoms with Gasteiger partial charge in [-0.05, 0) is 42.3 Å². The molecule has 5 nitrogen and oxygen atoms in total. The largest absolute Gasteiger partial charge is 0.322 e. The van der Waals surface area contributed by atoms with Gasteiger partial charge in [0, 0.05) is 42.8 Å². The van der Waals surface area contributed by atoms with E-state index in [0.29, 0.717) is 12.1 Å². The molecule has 1 aliphatic heterocycles. The molecule has 1 fully saturated rings. The Balaban J connectivity index is 1.61. The van der Waals surface area contributed by atoms with Gasteiger partial charge in [-0.25, -0.2) is 0 Å². The molecular weight excluding hydrogens is 290 g/mol. The van der Waals surface area contributed by atoms with Crippen molar-refractivity contribution in [1.29, 1.82) is 0 Å². The van der Waals surface area contributed by atoms with Crippen molar-refractivity contribution < 1.29 is 9.59 Å². The van der Waals surface area contributed by atoms with E-state index >= 15 is 0 Å². The van der Waals surface area contributed by atoms with Gasteiger partial charge in [0.2, 0.25) is 11.8 Å². The summed E-state index contributed by atoms with van der Waals surface area (Å²) < 4.78 is 0. The zero-order valence-corrected chi connectivity index (χ0v) is 12.6. The quantitative estimate of drug-likeness (QED) is 0.884. The van der Waals surface area contributed by atoms with E-state index in [1.165, 1.54) is 6.08 Å². The van der Waals surface area contributed by atoms with E-state index < -0.39 is 0 Å². The molecule has 0 atom stereocenters. The Morgan fingerprint density at radius 1 is 1.13 bits per heavy atom. The topological polar surface area (TPSA) is 62.3 Å². The number of nitrogens with one attached hydrogen (secondary N) is 1. The minimum Gasteiger partial charge on any atom is -0.322 e. The molecule has 0 spiro atoms. The van der Waals surface area contributed by atoms with Crippen LogP contribution in [-0.4, -0.2) is 23.3 Å². The molecule has 1 saturated heterocycles. The summed E-state index contributed by atoms with van der Waals surface area (Å²) in [5.41, 5.74) is 2.52. The molecule has 5 heteroatoms. The zero-order valence-electron chi connectivity index (χ0n) is 12.6. The van der Waals surface area contributed by atoms with Crippen LogP contribution in [0.3, 0.4) is 0 Å². The Morgan fingerprint density at radius 3 is 2.52 bits per heavy atom. The first-order chi connectivity index (χ1) is 11.2. The molecule has 1 N–H and O–H groups in total. The fourth-order valence-corrected chi connectivity index (χ4v) is 2.48. The highest BCUT2D eigenvalue weighted by Crippen LogP contribution is 2.21. The van der Waals surface area contributed by atoms with Crippen molar-refractivity contribution in [1.82, 2.24) is 4.98 Å². The smallest absolute Gasteiger partial charge is 0.248 e. The first-order valence-corrected chi connectivity index (χ1v) is 7.52. The van der Waals surface area contributed by atoms with Crippen molar-refractivity contribution in [2.24, 2.45) is 0 Å². The van der Waals surface area contributed by atoms with Crippen molar-refractivity contribution >= 4 is 29.3 Å². The molecule has 1 aliphatic rings. The predicted octanol–water partition coefficient (Wildman–Crippen LogP) is 2.86. The molecule has 0 bridgehead atoms. The van der Waals surface area contributed by atoms with E-state index in [4.69, 9.17) is 0 Å². The normalized spacial score (nSPS) is 14.4. The minimum atomic E-state index is -0.199. The van der Waals surface area contributed by atoms with Gasteiger partial charge in [0.25, 0.3) is 0 Å². The summed E-state index contributed by atoms with van der Waals surface area (Å²) in [6.07, 6.45) is 8.00. The number of carbonyl (C=O) groups excluding carboxylic acids is 2.